The summed E-state index contributed by atoms with van der Waals surface area (Å²) in [6.45, 7) is 2.12. The number of aryl methyl sites for hydroxylation is 1. The van der Waals surface area contributed by atoms with Gasteiger partial charge in [0.25, 0.3) is 0 Å². The molecular formula is C27H25NO4. The molecule has 5 heteroatoms. The smallest absolute Gasteiger partial charge is 0.343 e. The van der Waals surface area contributed by atoms with E-state index in [-0.39, 0.29) is 35.5 Å². The van der Waals surface area contributed by atoms with Crippen molar-refractivity contribution in [3.63, 3.8) is 0 Å². The lowest BCUT2D eigenvalue weighted by Crippen LogP contribution is -2.40. The molecule has 2 aromatic carbocycles. The molecule has 7 rings (SSSR count). The van der Waals surface area contributed by atoms with Gasteiger partial charge >= 0.3 is 5.97 Å². The van der Waals surface area contributed by atoms with Crippen LogP contribution in [-0.4, -0.2) is 17.8 Å². The van der Waals surface area contributed by atoms with Crippen LogP contribution in [0.1, 0.15) is 35.7 Å². The third-order valence-electron chi connectivity index (χ3n) is 7.70. The number of ether oxygens (including phenoxy) is 1. The van der Waals surface area contributed by atoms with Crippen LogP contribution in [0, 0.1) is 35.5 Å². The van der Waals surface area contributed by atoms with Crippen LogP contribution < -0.4 is 9.64 Å². The molecule has 0 radical (unpaired) electrons. The first-order valence-corrected chi connectivity index (χ1v) is 11.5. The second kappa shape index (κ2) is 7.16. The number of amides is 2. The molecule has 162 valence electrons. The summed E-state index contributed by atoms with van der Waals surface area (Å²) in [5, 5.41) is 0. The molecule has 1 heterocycles. The number of carbonyl (C=O) groups excluding carboxylic acids is 3. The quantitative estimate of drug-likeness (QED) is 0.307. The van der Waals surface area contributed by atoms with Crippen LogP contribution in [0.2, 0.25) is 0 Å². The molecule has 4 aliphatic carbocycles. The summed E-state index contributed by atoms with van der Waals surface area (Å²) in [7, 11) is 0. The molecular weight excluding hydrogens is 402 g/mol. The van der Waals surface area contributed by atoms with Gasteiger partial charge < -0.3 is 4.74 Å². The summed E-state index contributed by atoms with van der Waals surface area (Å²) in [4.78, 5) is 40.3. The number of benzene rings is 2. The zero-order valence-corrected chi connectivity index (χ0v) is 17.9. The van der Waals surface area contributed by atoms with E-state index in [9.17, 15) is 14.4 Å². The van der Waals surface area contributed by atoms with Crippen LogP contribution in [0.4, 0.5) is 5.69 Å². The number of rotatable bonds is 5. The van der Waals surface area contributed by atoms with E-state index in [1.165, 1.54) is 10.5 Å². The fourth-order valence-electron chi connectivity index (χ4n) is 6.14. The van der Waals surface area contributed by atoms with Gasteiger partial charge in [0.15, 0.2) is 0 Å². The molecule has 0 aromatic heterocycles. The highest BCUT2D eigenvalue weighted by Gasteiger charge is 2.67. The van der Waals surface area contributed by atoms with Crippen LogP contribution in [0.5, 0.6) is 5.75 Å². The Hall–Kier alpha value is -3.21. The summed E-state index contributed by atoms with van der Waals surface area (Å²) in [5.41, 5.74) is 2.12. The Bertz CT molecular complexity index is 1100. The van der Waals surface area contributed by atoms with Crippen molar-refractivity contribution >= 4 is 23.5 Å². The van der Waals surface area contributed by atoms with E-state index in [2.05, 4.69) is 19.1 Å². The number of anilines is 1. The highest BCUT2D eigenvalue weighted by atomic mass is 16.5. The van der Waals surface area contributed by atoms with Crippen LogP contribution in [0.3, 0.4) is 0 Å². The molecule has 0 spiro atoms. The zero-order chi connectivity index (χ0) is 22.0. The summed E-state index contributed by atoms with van der Waals surface area (Å²) >= 11 is 0. The fourth-order valence-corrected chi connectivity index (χ4v) is 6.14. The van der Waals surface area contributed by atoms with Crippen molar-refractivity contribution < 1.29 is 19.1 Å². The average Bonchev–Trinajstić information content (AvgIpc) is 3.59. The summed E-state index contributed by atoms with van der Waals surface area (Å²) in [5.74, 6) is 0.975. The molecule has 5 aliphatic rings. The lowest BCUT2D eigenvalue weighted by Gasteiger charge is -2.37. The Morgan fingerprint density at radius 1 is 0.906 bits per heavy atom. The van der Waals surface area contributed by atoms with E-state index in [1.54, 1.807) is 36.4 Å². The second-order valence-corrected chi connectivity index (χ2v) is 9.50. The first kappa shape index (κ1) is 19.5. The van der Waals surface area contributed by atoms with Crippen molar-refractivity contribution in [3.05, 3.63) is 71.8 Å². The number of allylic oxidation sites excluding steroid dienone is 2. The van der Waals surface area contributed by atoms with Gasteiger partial charge in [-0.15, -0.1) is 0 Å². The van der Waals surface area contributed by atoms with Gasteiger partial charge in [-0.05, 0) is 78.5 Å². The van der Waals surface area contributed by atoms with Gasteiger partial charge in [-0.1, -0.05) is 37.6 Å². The minimum absolute atomic E-state index is 0.0906. The minimum Gasteiger partial charge on any atom is -0.423 e. The fraction of sp³-hybridized carbons (Fsp3) is 0.370. The molecule has 1 saturated heterocycles. The Kier molecular flexibility index (Phi) is 4.36. The Balaban J connectivity index is 1.18. The Morgan fingerprint density at radius 3 is 2.06 bits per heavy atom. The van der Waals surface area contributed by atoms with Crippen molar-refractivity contribution in [2.24, 2.45) is 35.5 Å². The van der Waals surface area contributed by atoms with E-state index in [0.717, 1.165) is 19.3 Å². The van der Waals surface area contributed by atoms with Crippen molar-refractivity contribution in [3.8, 4) is 5.75 Å². The van der Waals surface area contributed by atoms with Gasteiger partial charge in [0.1, 0.15) is 5.75 Å². The summed E-state index contributed by atoms with van der Waals surface area (Å²) in [6.07, 6.45) is 7.54. The van der Waals surface area contributed by atoms with Gasteiger partial charge in [-0.2, -0.15) is 0 Å². The lowest BCUT2D eigenvalue weighted by molar-refractivity contribution is -0.124. The van der Waals surface area contributed by atoms with Crippen LogP contribution in [0.15, 0.2) is 60.7 Å². The first-order chi connectivity index (χ1) is 15.6. The Morgan fingerprint density at radius 2 is 1.50 bits per heavy atom. The summed E-state index contributed by atoms with van der Waals surface area (Å²) in [6, 6.07) is 14.1. The van der Waals surface area contributed by atoms with Crippen LogP contribution >= 0.6 is 0 Å². The third kappa shape index (κ3) is 2.87. The number of esters is 1. The topological polar surface area (TPSA) is 63.7 Å². The van der Waals surface area contributed by atoms with Gasteiger partial charge in [0, 0.05) is 0 Å². The van der Waals surface area contributed by atoms with Crippen molar-refractivity contribution in [1.82, 2.24) is 0 Å². The van der Waals surface area contributed by atoms with Crippen molar-refractivity contribution in [2.75, 3.05) is 4.90 Å². The highest BCUT2D eigenvalue weighted by molar-refractivity contribution is 6.22. The van der Waals surface area contributed by atoms with E-state index in [4.69, 9.17) is 4.74 Å². The van der Waals surface area contributed by atoms with Gasteiger partial charge in [-0.25, -0.2) is 4.79 Å². The predicted octanol–water partition coefficient (Wildman–Crippen LogP) is 4.42. The number of hydrogen-bond acceptors (Lipinski definition) is 4. The van der Waals surface area contributed by atoms with Gasteiger partial charge in [-0.3, -0.25) is 14.5 Å². The number of imide groups is 1. The average molecular weight is 428 g/mol. The first-order valence-electron chi connectivity index (χ1n) is 11.5. The van der Waals surface area contributed by atoms with E-state index in [0.29, 0.717) is 28.8 Å². The van der Waals surface area contributed by atoms with Crippen molar-refractivity contribution in [1.29, 1.82) is 0 Å². The largest absolute Gasteiger partial charge is 0.423 e. The molecule has 2 saturated carbocycles. The van der Waals surface area contributed by atoms with Gasteiger partial charge in [0.2, 0.25) is 11.8 Å². The highest BCUT2D eigenvalue weighted by Crippen LogP contribution is 2.65. The third-order valence-corrected chi connectivity index (χ3v) is 7.70. The standard InChI is InChI=1S/C27H25NO4/c1-2-3-15-4-10-18(11-5-15)32-27(31)16-6-8-17(9-7-16)28-25(29)23-19-12-13-20(22-14-21(19)22)24(23)26(28)30/h4-13,19-24H,2-3,14H2,1H3/t19-,20-,21-,22-,23-,24+/m1/s1. The molecule has 32 heavy (non-hydrogen) atoms. The lowest BCUT2D eigenvalue weighted by atomic mass is 9.63. The molecule has 2 bridgehead atoms. The molecule has 0 N–H and O–H groups in total. The van der Waals surface area contributed by atoms with E-state index >= 15 is 0 Å². The normalized spacial score (nSPS) is 31.5. The van der Waals surface area contributed by atoms with E-state index < -0.39 is 5.97 Å². The second-order valence-electron chi connectivity index (χ2n) is 9.50. The maximum absolute atomic E-state index is 13.2. The molecule has 0 unspecified atom stereocenters. The summed E-state index contributed by atoms with van der Waals surface area (Å²) < 4.78 is 5.48. The molecule has 2 amide bonds. The maximum Gasteiger partial charge on any atom is 0.343 e. The minimum atomic E-state index is -0.463. The van der Waals surface area contributed by atoms with Crippen LogP contribution in [0.25, 0.3) is 0 Å². The molecule has 1 aliphatic heterocycles. The Labute approximate surface area is 187 Å². The number of hydrogen-bond donors (Lipinski definition) is 0. The maximum atomic E-state index is 13.2. The molecule has 3 fully saturated rings. The zero-order valence-electron chi connectivity index (χ0n) is 17.9. The number of nitrogens with zero attached hydrogens (tertiary/aromatic N) is 1. The van der Waals surface area contributed by atoms with Gasteiger partial charge in [0.05, 0.1) is 23.1 Å². The molecule has 6 atom stereocenters. The monoisotopic (exact) mass is 427 g/mol. The predicted molar refractivity (Wildman–Crippen MR) is 119 cm³/mol. The van der Waals surface area contributed by atoms with E-state index in [1.807, 2.05) is 12.1 Å². The van der Waals surface area contributed by atoms with Crippen molar-refractivity contribution in [2.45, 2.75) is 26.2 Å². The van der Waals surface area contributed by atoms with Crippen LogP contribution in [-0.2, 0) is 16.0 Å². The molecule has 5 nitrogen and oxygen atoms in total. The molecule has 2 aromatic rings. The number of carbonyl (C=O) groups is 3. The SMILES string of the molecule is CCCc1ccc(OC(=O)c2ccc(N3C(=O)[C@@H]4[C@@H]5C=C[C@H]([C@H]6C[C@H]56)[C@@H]4C3=O)cc2)cc1.